The molecule has 0 radical (unpaired) electrons. The summed E-state index contributed by atoms with van der Waals surface area (Å²) in [5.74, 6) is 1.83. The van der Waals surface area contributed by atoms with Crippen LogP contribution in [0.5, 0.6) is 11.5 Å². The molecule has 0 saturated heterocycles. The first kappa shape index (κ1) is 16.9. The second kappa shape index (κ2) is 6.51. The van der Waals surface area contributed by atoms with Crippen molar-refractivity contribution in [2.45, 2.75) is 78.9 Å². The maximum atomic E-state index is 6.18. The van der Waals surface area contributed by atoms with Crippen molar-refractivity contribution in [2.24, 2.45) is 0 Å². The quantitative estimate of drug-likeness (QED) is 0.666. The molecule has 114 valence electrons. The normalized spacial score (nSPS) is 12.3. The Bertz CT molecular complexity index is 433. The van der Waals surface area contributed by atoms with Crippen LogP contribution in [0.3, 0.4) is 0 Å². The number of hydrogen-bond acceptors (Lipinski definition) is 2. The molecular formula is C18H30O2. The molecule has 1 aromatic carbocycles. The Labute approximate surface area is 124 Å². The van der Waals surface area contributed by atoms with Crippen LogP contribution in [0.4, 0.5) is 0 Å². The molecule has 1 rings (SSSR count). The zero-order chi connectivity index (χ0) is 15.4. The first-order valence-electron chi connectivity index (χ1n) is 7.74. The zero-order valence-corrected chi connectivity index (χ0v) is 14.2. The molecule has 0 N–H and O–H groups in total. The van der Waals surface area contributed by atoms with E-state index >= 15 is 0 Å². The van der Waals surface area contributed by atoms with Crippen molar-refractivity contribution in [1.82, 2.24) is 0 Å². The van der Waals surface area contributed by atoms with Crippen LogP contribution in [0.1, 0.15) is 66.9 Å². The topological polar surface area (TPSA) is 18.5 Å². The minimum Gasteiger partial charge on any atom is -0.488 e. The molecule has 0 spiro atoms. The van der Waals surface area contributed by atoms with Gasteiger partial charge in [0.25, 0.3) is 0 Å². The number of benzene rings is 1. The molecular weight excluding hydrogens is 248 g/mol. The van der Waals surface area contributed by atoms with Crippen LogP contribution in [-0.4, -0.2) is 11.2 Å². The average molecular weight is 278 g/mol. The highest BCUT2D eigenvalue weighted by molar-refractivity contribution is 5.41. The van der Waals surface area contributed by atoms with Gasteiger partial charge in [-0.1, -0.05) is 26.8 Å². The van der Waals surface area contributed by atoms with Crippen LogP contribution >= 0.6 is 0 Å². The number of ether oxygens (including phenoxy) is 2. The molecule has 0 aliphatic heterocycles. The lowest BCUT2D eigenvalue weighted by Gasteiger charge is -2.28. The summed E-state index contributed by atoms with van der Waals surface area (Å²) in [6, 6.07) is 6.19. The molecule has 0 aliphatic rings. The summed E-state index contributed by atoms with van der Waals surface area (Å²) in [6.07, 6.45) is 2.91. The number of aryl methyl sites for hydroxylation is 1. The van der Waals surface area contributed by atoms with Crippen molar-refractivity contribution >= 4 is 0 Å². The highest BCUT2D eigenvalue weighted by Gasteiger charge is 2.21. The van der Waals surface area contributed by atoms with Crippen molar-refractivity contribution in [3.8, 4) is 11.5 Å². The Morgan fingerprint density at radius 1 is 0.850 bits per heavy atom. The Balaban J connectivity index is 3.03. The second-order valence-electron chi connectivity index (χ2n) is 6.55. The predicted octanol–water partition coefficient (Wildman–Crippen LogP) is 5.38. The molecule has 0 unspecified atom stereocenters. The minimum atomic E-state index is -0.150. The van der Waals surface area contributed by atoms with Gasteiger partial charge >= 0.3 is 0 Å². The van der Waals surface area contributed by atoms with Gasteiger partial charge in [-0.25, -0.2) is 0 Å². The van der Waals surface area contributed by atoms with E-state index in [4.69, 9.17) is 9.47 Å². The third kappa shape index (κ3) is 4.73. The Kier molecular flexibility index (Phi) is 5.50. The van der Waals surface area contributed by atoms with E-state index in [1.54, 1.807) is 0 Å². The SMILES string of the molecule is CCc1ccc(OC(C)(C)CC)cc1OC(C)(C)CC. The van der Waals surface area contributed by atoms with E-state index < -0.39 is 0 Å². The Hall–Kier alpha value is -1.18. The molecule has 0 aliphatic carbocycles. The van der Waals surface area contributed by atoms with Gasteiger partial charge in [0.15, 0.2) is 0 Å². The lowest BCUT2D eigenvalue weighted by atomic mass is 10.0. The van der Waals surface area contributed by atoms with Gasteiger partial charge < -0.3 is 9.47 Å². The van der Waals surface area contributed by atoms with Crippen molar-refractivity contribution in [3.05, 3.63) is 23.8 Å². The summed E-state index contributed by atoms with van der Waals surface area (Å²) in [7, 11) is 0. The molecule has 0 bridgehead atoms. The van der Waals surface area contributed by atoms with Crippen molar-refractivity contribution in [3.63, 3.8) is 0 Å². The highest BCUT2D eigenvalue weighted by atomic mass is 16.5. The van der Waals surface area contributed by atoms with Gasteiger partial charge in [-0.3, -0.25) is 0 Å². The van der Waals surface area contributed by atoms with Gasteiger partial charge in [-0.15, -0.1) is 0 Å². The Morgan fingerprint density at radius 2 is 1.40 bits per heavy atom. The predicted molar refractivity (Wildman–Crippen MR) is 85.8 cm³/mol. The fourth-order valence-electron chi connectivity index (χ4n) is 1.75. The summed E-state index contributed by atoms with van der Waals surface area (Å²) in [5, 5.41) is 0. The van der Waals surface area contributed by atoms with Gasteiger partial charge in [0.05, 0.1) is 0 Å². The summed E-state index contributed by atoms with van der Waals surface area (Å²) < 4.78 is 12.2. The van der Waals surface area contributed by atoms with E-state index in [1.165, 1.54) is 5.56 Å². The third-order valence-corrected chi connectivity index (χ3v) is 3.90. The molecule has 20 heavy (non-hydrogen) atoms. The van der Waals surface area contributed by atoms with Crippen LogP contribution in [0, 0.1) is 0 Å². The van der Waals surface area contributed by atoms with Crippen LogP contribution < -0.4 is 9.47 Å². The molecule has 0 aromatic heterocycles. The number of hydrogen-bond donors (Lipinski definition) is 0. The summed E-state index contributed by atoms with van der Waals surface area (Å²) in [5.41, 5.74) is 0.932. The molecule has 0 saturated carbocycles. The first-order chi connectivity index (χ1) is 9.23. The Morgan fingerprint density at radius 3 is 1.90 bits per heavy atom. The third-order valence-electron chi connectivity index (χ3n) is 3.90. The minimum absolute atomic E-state index is 0.148. The first-order valence-corrected chi connectivity index (χ1v) is 7.74. The molecule has 0 heterocycles. The van der Waals surface area contributed by atoms with Crippen molar-refractivity contribution in [2.75, 3.05) is 0 Å². The van der Waals surface area contributed by atoms with Crippen LogP contribution in [-0.2, 0) is 6.42 Å². The van der Waals surface area contributed by atoms with Gasteiger partial charge in [-0.2, -0.15) is 0 Å². The average Bonchev–Trinajstić information content (AvgIpc) is 2.38. The van der Waals surface area contributed by atoms with E-state index in [1.807, 2.05) is 12.1 Å². The molecule has 0 atom stereocenters. The summed E-state index contributed by atoms with van der Waals surface area (Å²) >= 11 is 0. The molecule has 2 heteroatoms. The van der Waals surface area contributed by atoms with Gasteiger partial charge in [0, 0.05) is 6.07 Å². The standard InChI is InChI=1S/C18H30O2/c1-8-14-11-12-15(19-17(4,5)9-2)13-16(14)20-18(6,7)10-3/h11-13H,8-10H2,1-7H3. The zero-order valence-electron chi connectivity index (χ0n) is 14.2. The van der Waals surface area contributed by atoms with Gasteiger partial charge in [0.1, 0.15) is 22.7 Å². The van der Waals surface area contributed by atoms with E-state index in [9.17, 15) is 0 Å². The van der Waals surface area contributed by atoms with E-state index in [2.05, 4.69) is 54.5 Å². The largest absolute Gasteiger partial charge is 0.488 e. The smallest absolute Gasteiger partial charge is 0.126 e. The van der Waals surface area contributed by atoms with Gasteiger partial charge in [0.2, 0.25) is 0 Å². The van der Waals surface area contributed by atoms with Crippen LogP contribution in [0.15, 0.2) is 18.2 Å². The summed E-state index contributed by atoms with van der Waals surface area (Å²) in [4.78, 5) is 0. The lowest BCUT2D eigenvalue weighted by molar-refractivity contribution is 0.0953. The van der Waals surface area contributed by atoms with Gasteiger partial charge in [-0.05, 0) is 58.6 Å². The highest BCUT2D eigenvalue weighted by Crippen LogP contribution is 2.31. The fourth-order valence-corrected chi connectivity index (χ4v) is 1.75. The molecule has 0 fully saturated rings. The molecule has 0 amide bonds. The van der Waals surface area contributed by atoms with E-state index in [0.29, 0.717) is 0 Å². The summed E-state index contributed by atoms with van der Waals surface area (Å²) in [6.45, 7) is 14.9. The van der Waals surface area contributed by atoms with E-state index in [0.717, 1.165) is 30.8 Å². The second-order valence-corrected chi connectivity index (χ2v) is 6.55. The lowest BCUT2D eigenvalue weighted by Crippen LogP contribution is -2.28. The molecule has 1 aromatic rings. The maximum absolute atomic E-state index is 6.18. The monoisotopic (exact) mass is 278 g/mol. The van der Waals surface area contributed by atoms with E-state index in [-0.39, 0.29) is 11.2 Å². The van der Waals surface area contributed by atoms with Crippen molar-refractivity contribution < 1.29 is 9.47 Å². The fraction of sp³-hybridized carbons (Fsp3) is 0.667. The maximum Gasteiger partial charge on any atom is 0.126 e. The number of rotatable bonds is 7. The van der Waals surface area contributed by atoms with Crippen LogP contribution in [0.25, 0.3) is 0 Å². The van der Waals surface area contributed by atoms with Crippen LogP contribution in [0.2, 0.25) is 0 Å². The molecule has 2 nitrogen and oxygen atoms in total. The van der Waals surface area contributed by atoms with Crippen molar-refractivity contribution in [1.29, 1.82) is 0 Å².